The van der Waals surface area contributed by atoms with Gasteiger partial charge in [0.1, 0.15) is 0 Å². The highest BCUT2D eigenvalue weighted by Crippen LogP contribution is 2.26. The second-order valence-corrected chi connectivity index (χ2v) is 4.88. The highest BCUT2D eigenvalue weighted by atomic mass is 16.5. The molecule has 18 heavy (non-hydrogen) atoms. The molecular formula is C13H20N2O3. The predicted molar refractivity (Wildman–Crippen MR) is 66.2 cm³/mol. The van der Waals surface area contributed by atoms with Crippen molar-refractivity contribution in [3.05, 3.63) is 18.0 Å². The molecule has 5 heteroatoms. The van der Waals surface area contributed by atoms with Gasteiger partial charge in [-0.2, -0.15) is 5.10 Å². The number of hydrogen-bond acceptors (Lipinski definition) is 3. The van der Waals surface area contributed by atoms with E-state index < -0.39 is 5.97 Å². The zero-order chi connectivity index (χ0) is 13.0. The SMILES string of the molecule is Cn1nccc1CCOC1CCC(C(=O)O)CC1. The van der Waals surface area contributed by atoms with Crippen molar-refractivity contribution in [3.63, 3.8) is 0 Å². The van der Waals surface area contributed by atoms with Crippen LogP contribution in [-0.4, -0.2) is 33.6 Å². The number of aromatic nitrogens is 2. The van der Waals surface area contributed by atoms with Gasteiger partial charge in [0, 0.05) is 25.4 Å². The molecule has 5 nitrogen and oxygen atoms in total. The number of hydrogen-bond donors (Lipinski definition) is 1. The molecule has 0 aromatic carbocycles. The normalized spacial score (nSPS) is 24.1. The van der Waals surface area contributed by atoms with Gasteiger partial charge in [-0.05, 0) is 31.7 Å². The summed E-state index contributed by atoms with van der Waals surface area (Å²) in [5, 5.41) is 13.0. The van der Waals surface area contributed by atoms with Gasteiger partial charge in [-0.1, -0.05) is 0 Å². The van der Waals surface area contributed by atoms with Crippen molar-refractivity contribution < 1.29 is 14.6 Å². The number of nitrogens with zero attached hydrogens (tertiary/aromatic N) is 2. The van der Waals surface area contributed by atoms with Crippen LogP contribution in [-0.2, 0) is 23.0 Å². The van der Waals surface area contributed by atoms with Gasteiger partial charge in [-0.3, -0.25) is 9.48 Å². The molecule has 1 aliphatic rings. The lowest BCUT2D eigenvalue weighted by molar-refractivity contribution is -0.143. The summed E-state index contributed by atoms with van der Waals surface area (Å²) >= 11 is 0. The monoisotopic (exact) mass is 252 g/mol. The molecule has 1 aromatic heterocycles. The van der Waals surface area contributed by atoms with Crippen LogP contribution in [0.2, 0.25) is 0 Å². The molecule has 1 fully saturated rings. The molecule has 1 heterocycles. The van der Waals surface area contributed by atoms with Crippen LogP contribution in [0.4, 0.5) is 0 Å². The van der Waals surface area contributed by atoms with Crippen molar-refractivity contribution >= 4 is 5.97 Å². The fourth-order valence-corrected chi connectivity index (χ4v) is 2.45. The highest BCUT2D eigenvalue weighted by molar-refractivity contribution is 5.70. The molecule has 100 valence electrons. The van der Waals surface area contributed by atoms with E-state index in [9.17, 15) is 4.79 Å². The number of aliphatic carboxylic acids is 1. The van der Waals surface area contributed by atoms with E-state index in [2.05, 4.69) is 5.10 Å². The average Bonchev–Trinajstić information content (AvgIpc) is 2.76. The van der Waals surface area contributed by atoms with Crippen LogP contribution >= 0.6 is 0 Å². The summed E-state index contributed by atoms with van der Waals surface area (Å²) in [6.07, 6.45) is 6.08. The van der Waals surface area contributed by atoms with E-state index in [-0.39, 0.29) is 12.0 Å². The highest BCUT2D eigenvalue weighted by Gasteiger charge is 2.26. The summed E-state index contributed by atoms with van der Waals surface area (Å²) in [6, 6.07) is 1.99. The summed E-state index contributed by atoms with van der Waals surface area (Å²) in [7, 11) is 1.92. The maximum absolute atomic E-state index is 10.8. The summed E-state index contributed by atoms with van der Waals surface area (Å²) in [5.74, 6) is -0.828. The van der Waals surface area contributed by atoms with Crippen LogP contribution in [0.1, 0.15) is 31.4 Å². The lowest BCUT2D eigenvalue weighted by Crippen LogP contribution is -2.26. The Bertz CT molecular complexity index is 395. The van der Waals surface area contributed by atoms with Gasteiger partial charge in [0.05, 0.1) is 18.6 Å². The third-order valence-electron chi connectivity index (χ3n) is 3.66. The number of carbonyl (C=O) groups is 1. The second-order valence-electron chi connectivity index (χ2n) is 4.88. The fraction of sp³-hybridized carbons (Fsp3) is 0.692. The maximum atomic E-state index is 10.8. The van der Waals surface area contributed by atoms with Gasteiger partial charge in [0.25, 0.3) is 0 Å². The first-order valence-corrected chi connectivity index (χ1v) is 6.48. The van der Waals surface area contributed by atoms with Crippen LogP contribution in [0.3, 0.4) is 0 Å². The van der Waals surface area contributed by atoms with Crippen LogP contribution < -0.4 is 0 Å². The Morgan fingerprint density at radius 2 is 2.22 bits per heavy atom. The lowest BCUT2D eigenvalue weighted by Gasteiger charge is -2.26. The molecule has 0 aliphatic heterocycles. The number of carboxylic acid groups (broad SMARTS) is 1. The third-order valence-corrected chi connectivity index (χ3v) is 3.66. The zero-order valence-corrected chi connectivity index (χ0v) is 10.7. The summed E-state index contributed by atoms with van der Waals surface area (Å²) < 4.78 is 7.66. The van der Waals surface area contributed by atoms with E-state index in [0.29, 0.717) is 6.61 Å². The van der Waals surface area contributed by atoms with E-state index >= 15 is 0 Å². The van der Waals surface area contributed by atoms with Crippen molar-refractivity contribution in [1.29, 1.82) is 0 Å². The molecule has 1 aromatic rings. The molecule has 1 saturated carbocycles. The average molecular weight is 252 g/mol. The fourth-order valence-electron chi connectivity index (χ4n) is 2.45. The van der Waals surface area contributed by atoms with Crippen LogP contribution in [0.25, 0.3) is 0 Å². The van der Waals surface area contributed by atoms with Gasteiger partial charge < -0.3 is 9.84 Å². The minimum atomic E-state index is -0.664. The zero-order valence-electron chi connectivity index (χ0n) is 10.7. The van der Waals surface area contributed by atoms with Crippen LogP contribution in [0, 0.1) is 5.92 Å². The Morgan fingerprint density at radius 3 is 2.78 bits per heavy atom. The number of carboxylic acids is 1. The van der Waals surface area contributed by atoms with Gasteiger partial charge in [0.15, 0.2) is 0 Å². The molecule has 1 N–H and O–H groups in total. The molecule has 0 atom stereocenters. The Balaban J connectivity index is 1.67. The first-order chi connectivity index (χ1) is 8.66. The molecule has 0 amide bonds. The van der Waals surface area contributed by atoms with Crippen LogP contribution in [0.5, 0.6) is 0 Å². The van der Waals surface area contributed by atoms with Crippen molar-refractivity contribution in [2.24, 2.45) is 13.0 Å². The van der Waals surface area contributed by atoms with Crippen molar-refractivity contribution in [2.75, 3.05) is 6.61 Å². The van der Waals surface area contributed by atoms with Gasteiger partial charge in [-0.15, -0.1) is 0 Å². The Hall–Kier alpha value is -1.36. The van der Waals surface area contributed by atoms with Gasteiger partial charge >= 0.3 is 5.97 Å². The van der Waals surface area contributed by atoms with E-state index in [1.165, 1.54) is 0 Å². The number of ether oxygens (including phenoxy) is 1. The summed E-state index contributed by atoms with van der Waals surface area (Å²) in [6.45, 7) is 0.682. The third kappa shape index (κ3) is 3.32. The lowest BCUT2D eigenvalue weighted by atomic mass is 9.87. The molecule has 2 rings (SSSR count). The van der Waals surface area contributed by atoms with E-state index in [1.54, 1.807) is 6.20 Å². The van der Waals surface area contributed by atoms with Crippen molar-refractivity contribution in [2.45, 2.75) is 38.2 Å². The molecule has 0 spiro atoms. The minimum Gasteiger partial charge on any atom is -0.481 e. The summed E-state index contributed by atoms with van der Waals surface area (Å²) in [4.78, 5) is 10.8. The quantitative estimate of drug-likeness (QED) is 0.865. The first kappa shape index (κ1) is 13.1. The van der Waals surface area contributed by atoms with E-state index in [1.807, 2.05) is 17.8 Å². The number of aryl methyl sites for hydroxylation is 1. The molecule has 0 saturated heterocycles. The standard InChI is InChI=1S/C13H20N2O3/c1-15-11(6-8-14-15)7-9-18-12-4-2-10(3-5-12)13(16)17/h6,8,10,12H,2-5,7,9H2,1H3,(H,16,17). The number of rotatable bonds is 5. The molecule has 0 radical (unpaired) electrons. The van der Waals surface area contributed by atoms with Gasteiger partial charge in [0.2, 0.25) is 0 Å². The Morgan fingerprint density at radius 1 is 1.50 bits per heavy atom. The van der Waals surface area contributed by atoms with Crippen molar-refractivity contribution in [1.82, 2.24) is 9.78 Å². The summed E-state index contributed by atoms with van der Waals surface area (Å²) in [5.41, 5.74) is 1.16. The predicted octanol–water partition coefficient (Wildman–Crippen LogP) is 1.62. The largest absolute Gasteiger partial charge is 0.481 e. The van der Waals surface area contributed by atoms with Crippen molar-refractivity contribution in [3.8, 4) is 0 Å². The minimum absolute atomic E-state index is 0.165. The van der Waals surface area contributed by atoms with E-state index in [0.717, 1.165) is 37.8 Å². The molecule has 1 aliphatic carbocycles. The molecule has 0 unspecified atom stereocenters. The first-order valence-electron chi connectivity index (χ1n) is 6.48. The Labute approximate surface area is 107 Å². The topological polar surface area (TPSA) is 64.4 Å². The maximum Gasteiger partial charge on any atom is 0.306 e. The van der Waals surface area contributed by atoms with Gasteiger partial charge in [-0.25, -0.2) is 0 Å². The second kappa shape index (κ2) is 6.00. The molecule has 0 bridgehead atoms. The molecular weight excluding hydrogens is 232 g/mol. The van der Waals surface area contributed by atoms with E-state index in [4.69, 9.17) is 9.84 Å². The Kier molecular flexibility index (Phi) is 4.36. The van der Waals surface area contributed by atoms with Crippen LogP contribution in [0.15, 0.2) is 12.3 Å². The smallest absolute Gasteiger partial charge is 0.306 e.